The molecule has 4 aromatic rings. The number of aromatic nitrogens is 1. The van der Waals surface area contributed by atoms with E-state index in [2.05, 4.69) is 15.6 Å². The Morgan fingerprint density at radius 3 is 2.86 bits per heavy atom. The molecule has 0 aliphatic heterocycles. The molecule has 0 aliphatic carbocycles. The normalized spacial score (nSPS) is 10.8. The Kier molecular flexibility index (Phi) is 4.76. The van der Waals surface area contributed by atoms with Gasteiger partial charge in [-0.05, 0) is 42.5 Å². The largest absolute Gasteiger partial charge is 0.497 e. The summed E-state index contributed by atoms with van der Waals surface area (Å²) in [4.78, 5) is 28.9. The van der Waals surface area contributed by atoms with Crippen molar-refractivity contribution in [2.75, 3.05) is 12.4 Å². The minimum absolute atomic E-state index is 0.0311. The Hall–Kier alpha value is -3.30. The second-order valence-electron chi connectivity index (χ2n) is 5.75. The van der Waals surface area contributed by atoms with Gasteiger partial charge in [0.1, 0.15) is 16.9 Å². The average molecular weight is 411 g/mol. The molecule has 0 bridgehead atoms. The van der Waals surface area contributed by atoms with Crippen molar-refractivity contribution >= 4 is 60.9 Å². The van der Waals surface area contributed by atoms with Gasteiger partial charge >= 0.3 is 5.63 Å². The third-order valence-corrected chi connectivity index (χ3v) is 5.07. The predicted octanol–water partition coefficient (Wildman–Crippen LogP) is 3.54. The number of ether oxygens (including phenoxy) is 1. The van der Waals surface area contributed by atoms with Crippen molar-refractivity contribution in [2.24, 2.45) is 0 Å². The lowest BCUT2D eigenvalue weighted by molar-refractivity contribution is 0.0974. The number of para-hydroxylation sites is 1. The summed E-state index contributed by atoms with van der Waals surface area (Å²) in [7, 11) is 1.59. The number of methoxy groups -OCH3 is 1. The third-order valence-electron chi connectivity index (χ3n) is 3.93. The van der Waals surface area contributed by atoms with Crippen LogP contribution in [0.25, 0.3) is 21.2 Å². The van der Waals surface area contributed by atoms with Gasteiger partial charge in [0.2, 0.25) is 0 Å². The molecule has 0 unspecified atom stereocenters. The highest BCUT2D eigenvalue weighted by molar-refractivity contribution is 7.80. The molecule has 2 N–H and O–H groups in total. The number of nitrogens with zero attached hydrogens (tertiary/aromatic N) is 1. The van der Waals surface area contributed by atoms with Crippen LogP contribution in [0.2, 0.25) is 0 Å². The number of hydrogen-bond donors (Lipinski definition) is 2. The van der Waals surface area contributed by atoms with Crippen LogP contribution in [0.4, 0.5) is 5.13 Å². The smallest absolute Gasteiger partial charge is 0.349 e. The molecule has 4 rings (SSSR count). The van der Waals surface area contributed by atoms with Gasteiger partial charge in [0.15, 0.2) is 10.2 Å². The van der Waals surface area contributed by atoms with E-state index >= 15 is 0 Å². The third kappa shape index (κ3) is 3.57. The lowest BCUT2D eigenvalue weighted by Gasteiger charge is -2.07. The van der Waals surface area contributed by atoms with E-state index in [9.17, 15) is 9.59 Å². The molecule has 2 heterocycles. The van der Waals surface area contributed by atoms with Crippen LogP contribution in [0.3, 0.4) is 0 Å². The van der Waals surface area contributed by atoms with Gasteiger partial charge in [0.05, 0.1) is 17.3 Å². The Labute approximate surface area is 168 Å². The van der Waals surface area contributed by atoms with Crippen LogP contribution in [-0.4, -0.2) is 23.1 Å². The Balaban J connectivity index is 1.51. The molecule has 28 heavy (non-hydrogen) atoms. The van der Waals surface area contributed by atoms with Crippen LogP contribution in [0.15, 0.2) is 57.7 Å². The van der Waals surface area contributed by atoms with Crippen LogP contribution in [0, 0.1) is 0 Å². The first-order valence-electron chi connectivity index (χ1n) is 8.13. The number of hydrogen-bond acceptors (Lipinski definition) is 7. The molecule has 0 aliphatic rings. The number of anilines is 1. The fourth-order valence-electron chi connectivity index (χ4n) is 2.60. The monoisotopic (exact) mass is 411 g/mol. The molecule has 9 heteroatoms. The van der Waals surface area contributed by atoms with E-state index < -0.39 is 11.5 Å². The molecule has 0 saturated heterocycles. The van der Waals surface area contributed by atoms with Crippen molar-refractivity contribution in [3.63, 3.8) is 0 Å². The summed E-state index contributed by atoms with van der Waals surface area (Å²) in [5.74, 6) is 0.0707. The van der Waals surface area contributed by atoms with E-state index in [0.717, 1.165) is 16.0 Å². The van der Waals surface area contributed by atoms with Gasteiger partial charge in [-0.3, -0.25) is 10.1 Å². The molecule has 0 saturated carbocycles. The second-order valence-corrected chi connectivity index (χ2v) is 7.19. The average Bonchev–Trinajstić information content (AvgIpc) is 3.08. The molecule has 7 nitrogen and oxygen atoms in total. The fourth-order valence-corrected chi connectivity index (χ4v) is 3.76. The highest BCUT2D eigenvalue weighted by atomic mass is 32.1. The van der Waals surface area contributed by atoms with Gasteiger partial charge in [-0.15, -0.1) is 0 Å². The van der Waals surface area contributed by atoms with Gasteiger partial charge in [-0.25, -0.2) is 9.78 Å². The van der Waals surface area contributed by atoms with Gasteiger partial charge in [-0.1, -0.05) is 29.5 Å². The number of carbonyl (C=O) groups is 1. The molecular formula is C19H13N3O4S2. The molecule has 0 radical (unpaired) electrons. The summed E-state index contributed by atoms with van der Waals surface area (Å²) in [5.41, 5.74) is 0.329. The van der Waals surface area contributed by atoms with E-state index in [0.29, 0.717) is 16.1 Å². The first kappa shape index (κ1) is 18.1. The Morgan fingerprint density at radius 2 is 2.04 bits per heavy atom. The minimum Gasteiger partial charge on any atom is -0.497 e. The highest BCUT2D eigenvalue weighted by Gasteiger charge is 2.16. The Morgan fingerprint density at radius 1 is 1.21 bits per heavy atom. The molecule has 140 valence electrons. The van der Waals surface area contributed by atoms with Gasteiger partial charge in [0.25, 0.3) is 5.91 Å². The lowest BCUT2D eigenvalue weighted by Crippen LogP contribution is -2.36. The number of thiocarbonyl (C=S) groups is 1. The van der Waals surface area contributed by atoms with E-state index in [1.165, 1.54) is 17.4 Å². The molecular weight excluding hydrogens is 398 g/mol. The number of thiazole rings is 1. The topological polar surface area (TPSA) is 93.5 Å². The van der Waals surface area contributed by atoms with Crippen LogP contribution in [0.5, 0.6) is 5.75 Å². The minimum atomic E-state index is -0.730. The molecule has 0 fully saturated rings. The first-order chi connectivity index (χ1) is 13.5. The second kappa shape index (κ2) is 7.37. The molecule has 1 amide bonds. The molecule has 0 spiro atoms. The molecule has 2 aromatic heterocycles. The number of nitrogens with one attached hydrogen (secondary N) is 2. The predicted molar refractivity (Wildman–Crippen MR) is 112 cm³/mol. The maximum atomic E-state index is 12.4. The SMILES string of the molecule is COc1ccc2nc(NC(=S)NC(=O)c3cc4ccccc4oc3=O)sc2c1. The zero-order valence-corrected chi connectivity index (χ0v) is 16.1. The van der Waals surface area contributed by atoms with Crippen molar-refractivity contribution in [2.45, 2.75) is 0 Å². The van der Waals surface area contributed by atoms with Crippen molar-refractivity contribution in [3.8, 4) is 5.75 Å². The first-order valence-corrected chi connectivity index (χ1v) is 9.36. The van der Waals surface area contributed by atoms with Crippen LogP contribution >= 0.6 is 23.6 Å². The van der Waals surface area contributed by atoms with Crippen LogP contribution in [-0.2, 0) is 0 Å². The van der Waals surface area contributed by atoms with Crippen LogP contribution < -0.4 is 21.0 Å². The van der Waals surface area contributed by atoms with Gasteiger partial charge in [-0.2, -0.15) is 0 Å². The standard InChI is InChI=1S/C19H13N3O4S2/c1-25-11-6-7-13-15(9-11)28-19(20-13)22-18(27)21-16(23)12-8-10-4-2-3-5-14(10)26-17(12)24/h2-9H,1H3,(H2,20,21,22,23,27). The quantitative estimate of drug-likeness (QED) is 0.393. The van der Waals surface area contributed by atoms with Gasteiger partial charge in [0, 0.05) is 5.39 Å². The van der Waals surface area contributed by atoms with Crippen molar-refractivity contribution < 1.29 is 13.9 Å². The number of amides is 1. The zero-order chi connectivity index (χ0) is 19.7. The summed E-state index contributed by atoms with van der Waals surface area (Å²) in [6.07, 6.45) is 0. The highest BCUT2D eigenvalue weighted by Crippen LogP contribution is 2.29. The summed E-state index contributed by atoms with van der Waals surface area (Å²) in [6, 6.07) is 13.9. The number of carbonyl (C=O) groups excluding carboxylic acids is 1. The summed E-state index contributed by atoms with van der Waals surface area (Å²) >= 11 is 6.53. The number of rotatable bonds is 3. The summed E-state index contributed by atoms with van der Waals surface area (Å²) < 4.78 is 11.3. The molecule has 0 atom stereocenters. The van der Waals surface area contributed by atoms with E-state index in [1.807, 2.05) is 18.2 Å². The number of fused-ring (bicyclic) bond motifs is 2. The molecule has 2 aromatic carbocycles. The maximum absolute atomic E-state index is 12.4. The zero-order valence-electron chi connectivity index (χ0n) is 14.5. The van der Waals surface area contributed by atoms with Gasteiger partial charge < -0.3 is 14.5 Å². The van der Waals surface area contributed by atoms with Crippen molar-refractivity contribution in [3.05, 3.63) is 64.5 Å². The Bertz CT molecular complexity index is 1280. The van der Waals surface area contributed by atoms with E-state index in [-0.39, 0.29) is 10.7 Å². The number of benzene rings is 2. The summed E-state index contributed by atoms with van der Waals surface area (Å²) in [5, 5.41) is 6.53. The van der Waals surface area contributed by atoms with Crippen LogP contribution in [0.1, 0.15) is 10.4 Å². The van der Waals surface area contributed by atoms with E-state index in [1.54, 1.807) is 31.4 Å². The lowest BCUT2D eigenvalue weighted by atomic mass is 10.2. The fraction of sp³-hybridized carbons (Fsp3) is 0.0526. The maximum Gasteiger partial charge on any atom is 0.349 e. The van der Waals surface area contributed by atoms with Crippen molar-refractivity contribution in [1.82, 2.24) is 10.3 Å². The summed E-state index contributed by atoms with van der Waals surface area (Å²) in [6.45, 7) is 0. The van der Waals surface area contributed by atoms with Crippen molar-refractivity contribution in [1.29, 1.82) is 0 Å². The van der Waals surface area contributed by atoms with E-state index in [4.69, 9.17) is 21.4 Å².